The first-order valence-corrected chi connectivity index (χ1v) is 7.04. The zero-order chi connectivity index (χ0) is 12.0. The van der Waals surface area contributed by atoms with Gasteiger partial charge in [-0.2, -0.15) is 0 Å². The highest BCUT2D eigenvalue weighted by atomic mass is 16.5. The van der Waals surface area contributed by atoms with Gasteiger partial charge in [-0.25, -0.2) is 0 Å². The van der Waals surface area contributed by atoms with Crippen LogP contribution in [-0.4, -0.2) is 18.2 Å². The quantitative estimate of drug-likeness (QED) is 0.754. The molecule has 2 nitrogen and oxygen atoms in total. The molecule has 0 radical (unpaired) electrons. The van der Waals surface area contributed by atoms with Gasteiger partial charge in [-0.15, -0.1) is 0 Å². The Morgan fingerprint density at radius 2 is 1.81 bits per heavy atom. The molecular weight excluding hydrogens is 198 g/mol. The van der Waals surface area contributed by atoms with Crippen LogP contribution in [0, 0.1) is 5.92 Å². The molecule has 0 heterocycles. The molecule has 2 atom stereocenters. The molecule has 96 valence electrons. The number of hydrogen-bond donors (Lipinski definition) is 1. The summed E-state index contributed by atoms with van der Waals surface area (Å²) in [5.41, 5.74) is 6.42. The number of nitrogens with two attached hydrogens (primary N) is 1. The molecule has 16 heavy (non-hydrogen) atoms. The van der Waals surface area contributed by atoms with E-state index in [0.29, 0.717) is 5.92 Å². The summed E-state index contributed by atoms with van der Waals surface area (Å²) in [7, 11) is 0. The van der Waals surface area contributed by atoms with Crippen LogP contribution in [0.4, 0.5) is 0 Å². The first-order chi connectivity index (χ1) is 7.64. The summed E-state index contributed by atoms with van der Waals surface area (Å²) in [5.74, 6) is 0.717. The minimum Gasteiger partial charge on any atom is -0.374 e. The zero-order valence-electron chi connectivity index (χ0n) is 11.3. The van der Waals surface area contributed by atoms with E-state index in [0.717, 1.165) is 13.0 Å². The molecule has 1 rings (SSSR count). The van der Waals surface area contributed by atoms with E-state index in [4.69, 9.17) is 10.5 Å². The van der Waals surface area contributed by atoms with Crippen LogP contribution >= 0.6 is 0 Å². The van der Waals surface area contributed by atoms with Gasteiger partial charge in [0.2, 0.25) is 0 Å². The minimum atomic E-state index is -0.00354. The summed E-state index contributed by atoms with van der Waals surface area (Å²) < 4.78 is 6.05. The second-order valence-corrected chi connectivity index (χ2v) is 5.41. The van der Waals surface area contributed by atoms with E-state index in [1.165, 1.54) is 38.5 Å². The van der Waals surface area contributed by atoms with Crippen molar-refractivity contribution in [1.82, 2.24) is 0 Å². The molecule has 0 amide bonds. The van der Waals surface area contributed by atoms with E-state index in [9.17, 15) is 0 Å². The summed E-state index contributed by atoms with van der Waals surface area (Å²) in [6.45, 7) is 7.43. The lowest BCUT2D eigenvalue weighted by Gasteiger charge is -2.42. The van der Waals surface area contributed by atoms with Gasteiger partial charge in [0, 0.05) is 12.6 Å². The summed E-state index contributed by atoms with van der Waals surface area (Å²) in [6.07, 6.45) is 8.58. The first kappa shape index (κ1) is 14.0. The predicted octanol–water partition coefficient (Wildman–Crippen LogP) is 3.49. The van der Waals surface area contributed by atoms with Crippen molar-refractivity contribution in [3.8, 4) is 0 Å². The minimum absolute atomic E-state index is 0.00354. The molecule has 0 spiro atoms. The Kier molecular flexibility index (Phi) is 5.77. The summed E-state index contributed by atoms with van der Waals surface area (Å²) in [6, 6.07) is 0.225. The number of ether oxygens (including phenoxy) is 1. The van der Waals surface area contributed by atoms with Crippen LogP contribution in [0.1, 0.15) is 65.7 Å². The lowest BCUT2D eigenvalue weighted by Crippen LogP contribution is -2.52. The molecule has 2 heteroatoms. The Labute approximate surface area is 101 Å². The third kappa shape index (κ3) is 3.46. The fraction of sp³-hybridized carbons (Fsp3) is 1.00. The van der Waals surface area contributed by atoms with Crippen molar-refractivity contribution in [3.63, 3.8) is 0 Å². The lowest BCUT2D eigenvalue weighted by molar-refractivity contribution is -0.0856. The van der Waals surface area contributed by atoms with Crippen molar-refractivity contribution in [1.29, 1.82) is 0 Å². The molecule has 0 aliphatic heterocycles. The van der Waals surface area contributed by atoms with Gasteiger partial charge in [0.1, 0.15) is 0 Å². The van der Waals surface area contributed by atoms with E-state index in [1.54, 1.807) is 0 Å². The number of hydrogen-bond acceptors (Lipinski definition) is 2. The summed E-state index contributed by atoms with van der Waals surface area (Å²) >= 11 is 0. The van der Waals surface area contributed by atoms with Crippen LogP contribution in [0.2, 0.25) is 0 Å². The smallest absolute Gasteiger partial charge is 0.0832 e. The van der Waals surface area contributed by atoms with Crippen LogP contribution in [0.3, 0.4) is 0 Å². The van der Waals surface area contributed by atoms with Gasteiger partial charge in [-0.1, -0.05) is 39.5 Å². The van der Waals surface area contributed by atoms with E-state index in [-0.39, 0.29) is 11.6 Å². The normalized spacial score (nSPS) is 24.0. The molecule has 0 aromatic carbocycles. The Bertz CT molecular complexity index is 182. The second-order valence-electron chi connectivity index (χ2n) is 5.41. The van der Waals surface area contributed by atoms with E-state index < -0.39 is 0 Å². The van der Waals surface area contributed by atoms with Crippen molar-refractivity contribution in [2.45, 2.75) is 77.4 Å². The molecule has 1 aliphatic carbocycles. The Morgan fingerprint density at radius 1 is 1.19 bits per heavy atom. The molecule has 2 unspecified atom stereocenters. The first-order valence-electron chi connectivity index (χ1n) is 7.04. The SMILES string of the molecule is CCOC1(C(N)CC(C)CC)CCCCC1. The highest BCUT2D eigenvalue weighted by Crippen LogP contribution is 2.36. The van der Waals surface area contributed by atoms with Gasteiger partial charge in [-0.3, -0.25) is 0 Å². The predicted molar refractivity (Wildman–Crippen MR) is 69.5 cm³/mol. The third-order valence-corrected chi connectivity index (χ3v) is 4.16. The maximum Gasteiger partial charge on any atom is 0.0832 e. The fourth-order valence-corrected chi connectivity index (χ4v) is 2.87. The Hall–Kier alpha value is -0.0800. The van der Waals surface area contributed by atoms with Crippen molar-refractivity contribution in [2.75, 3.05) is 6.61 Å². The molecule has 0 aromatic rings. The number of rotatable bonds is 6. The lowest BCUT2D eigenvalue weighted by atomic mass is 9.76. The van der Waals surface area contributed by atoms with Gasteiger partial charge in [0.15, 0.2) is 0 Å². The summed E-state index contributed by atoms with van der Waals surface area (Å²) in [5, 5.41) is 0. The Morgan fingerprint density at radius 3 is 2.31 bits per heavy atom. The van der Waals surface area contributed by atoms with E-state index in [2.05, 4.69) is 20.8 Å². The van der Waals surface area contributed by atoms with Crippen LogP contribution in [0.15, 0.2) is 0 Å². The van der Waals surface area contributed by atoms with E-state index >= 15 is 0 Å². The van der Waals surface area contributed by atoms with Crippen LogP contribution < -0.4 is 5.73 Å². The third-order valence-electron chi connectivity index (χ3n) is 4.16. The topological polar surface area (TPSA) is 35.2 Å². The van der Waals surface area contributed by atoms with Crippen LogP contribution in [0.5, 0.6) is 0 Å². The average molecular weight is 227 g/mol. The molecule has 1 fully saturated rings. The molecule has 0 aromatic heterocycles. The maximum absolute atomic E-state index is 6.42. The highest BCUT2D eigenvalue weighted by Gasteiger charge is 2.38. The largest absolute Gasteiger partial charge is 0.374 e. The van der Waals surface area contributed by atoms with Crippen molar-refractivity contribution >= 4 is 0 Å². The monoisotopic (exact) mass is 227 g/mol. The van der Waals surface area contributed by atoms with Crippen LogP contribution in [-0.2, 0) is 4.74 Å². The molecular formula is C14H29NO. The van der Waals surface area contributed by atoms with Crippen molar-refractivity contribution < 1.29 is 4.74 Å². The molecule has 0 bridgehead atoms. The zero-order valence-corrected chi connectivity index (χ0v) is 11.3. The molecule has 1 aliphatic rings. The van der Waals surface area contributed by atoms with Crippen LogP contribution in [0.25, 0.3) is 0 Å². The van der Waals surface area contributed by atoms with Crippen molar-refractivity contribution in [3.05, 3.63) is 0 Å². The standard InChI is InChI=1S/C14H29NO/c1-4-12(3)11-13(15)14(16-5-2)9-7-6-8-10-14/h12-13H,4-11,15H2,1-3H3. The Balaban J connectivity index is 2.59. The maximum atomic E-state index is 6.42. The summed E-state index contributed by atoms with van der Waals surface area (Å²) in [4.78, 5) is 0. The molecule has 2 N–H and O–H groups in total. The fourth-order valence-electron chi connectivity index (χ4n) is 2.87. The molecule has 1 saturated carbocycles. The van der Waals surface area contributed by atoms with Gasteiger partial charge in [0.25, 0.3) is 0 Å². The van der Waals surface area contributed by atoms with Gasteiger partial charge < -0.3 is 10.5 Å². The highest BCUT2D eigenvalue weighted by molar-refractivity contribution is 4.94. The van der Waals surface area contributed by atoms with E-state index in [1.807, 2.05) is 0 Å². The molecule has 0 saturated heterocycles. The average Bonchev–Trinajstić information content (AvgIpc) is 2.30. The van der Waals surface area contributed by atoms with Gasteiger partial charge >= 0.3 is 0 Å². The van der Waals surface area contributed by atoms with Gasteiger partial charge in [-0.05, 0) is 32.1 Å². The second kappa shape index (κ2) is 6.61. The van der Waals surface area contributed by atoms with Crippen molar-refractivity contribution in [2.24, 2.45) is 11.7 Å². The van der Waals surface area contributed by atoms with Gasteiger partial charge in [0.05, 0.1) is 5.60 Å².